The van der Waals surface area contributed by atoms with Crippen LogP contribution < -0.4 is 4.90 Å². The number of alkyl halides is 1. The predicted octanol–water partition coefficient (Wildman–Crippen LogP) is 2.04. The molecule has 1 unspecified atom stereocenters. The quantitative estimate of drug-likeness (QED) is 0.764. The van der Waals surface area contributed by atoms with Crippen LogP contribution in [-0.2, 0) is 25.5 Å². The lowest BCUT2D eigenvalue weighted by Gasteiger charge is -2.27. The fraction of sp³-hybridized carbons (Fsp3) is 0.500. The summed E-state index contributed by atoms with van der Waals surface area (Å²) >= 11 is 0. The molecule has 0 bridgehead atoms. The molecule has 2 aliphatic heterocycles. The molecule has 0 radical (unpaired) electrons. The smallest absolute Gasteiger partial charge is 0.418 e. The summed E-state index contributed by atoms with van der Waals surface area (Å²) in [7, 11) is 0. The third kappa shape index (κ3) is 3.49. The van der Waals surface area contributed by atoms with Gasteiger partial charge < -0.3 is 14.4 Å². The standard InChI is InChI=1S/C18H21FN2O5/c1-2-25-15(22)12-21-14-8-4-3-7-13(14)11-18(19,26-17(21)24)16(23)20-9-5-6-10-20/h3-4,7-8H,2,5-6,9-12H2,1H3. The van der Waals surface area contributed by atoms with Gasteiger partial charge in [0.05, 0.1) is 18.7 Å². The number of hydrogen-bond acceptors (Lipinski definition) is 5. The maximum Gasteiger partial charge on any atom is 0.418 e. The van der Waals surface area contributed by atoms with Crippen molar-refractivity contribution in [2.45, 2.75) is 32.0 Å². The van der Waals surface area contributed by atoms with Gasteiger partial charge in [0.25, 0.3) is 0 Å². The van der Waals surface area contributed by atoms with Crippen molar-refractivity contribution in [1.82, 2.24) is 4.90 Å². The zero-order chi connectivity index (χ0) is 18.7. The van der Waals surface area contributed by atoms with E-state index in [4.69, 9.17) is 9.47 Å². The summed E-state index contributed by atoms with van der Waals surface area (Å²) in [5.41, 5.74) is 0.747. The molecule has 26 heavy (non-hydrogen) atoms. The third-order valence-electron chi connectivity index (χ3n) is 4.47. The summed E-state index contributed by atoms with van der Waals surface area (Å²) in [6.45, 7) is 2.27. The van der Waals surface area contributed by atoms with Crippen molar-refractivity contribution in [2.24, 2.45) is 0 Å². The molecule has 3 rings (SSSR count). The number of para-hydroxylation sites is 1. The van der Waals surface area contributed by atoms with E-state index in [0.29, 0.717) is 24.3 Å². The lowest BCUT2D eigenvalue weighted by molar-refractivity contribution is -0.170. The number of amides is 2. The monoisotopic (exact) mass is 364 g/mol. The van der Waals surface area contributed by atoms with Gasteiger partial charge in [-0.1, -0.05) is 18.2 Å². The van der Waals surface area contributed by atoms with Gasteiger partial charge >= 0.3 is 23.8 Å². The lowest BCUT2D eigenvalue weighted by atomic mass is 10.0. The molecule has 0 spiro atoms. The minimum atomic E-state index is -2.79. The third-order valence-corrected chi connectivity index (χ3v) is 4.47. The summed E-state index contributed by atoms with van der Waals surface area (Å²) in [5, 5.41) is 0. The average Bonchev–Trinajstić information content (AvgIpc) is 3.11. The van der Waals surface area contributed by atoms with Crippen LogP contribution in [0.15, 0.2) is 24.3 Å². The van der Waals surface area contributed by atoms with Crippen molar-refractivity contribution in [2.75, 3.05) is 31.1 Å². The van der Waals surface area contributed by atoms with E-state index < -0.39 is 36.8 Å². The number of carbonyl (C=O) groups excluding carboxylic acids is 3. The number of halogens is 1. The molecule has 8 heteroatoms. The van der Waals surface area contributed by atoms with Crippen molar-refractivity contribution in [3.05, 3.63) is 29.8 Å². The zero-order valence-corrected chi connectivity index (χ0v) is 14.6. The number of hydrogen-bond donors (Lipinski definition) is 0. The Labute approximate surface area is 150 Å². The Morgan fingerprint density at radius 3 is 2.65 bits per heavy atom. The summed E-state index contributed by atoms with van der Waals surface area (Å²) in [6.07, 6.45) is 0.102. The molecule has 0 aromatic heterocycles. The topological polar surface area (TPSA) is 76.1 Å². The Hall–Kier alpha value is -2.64. The summed E-state index contributed by atoms with van der Waals surface area (Å²) in [5.74, 6) is -4.28. The van der Waals surface area contributed by atoms with E-state index in [1.54, 1.807) is 31.2 Å². The van der Waals surface area contributed by atoms with Crippen LogP contribution in [-0.4, -0.2) is 55.0 Å². The molecule has 1 atom stereocenters. The van der Waals surface area contributed by atoms with E-state index >= 15 is 4.39 Å². The van der Waals surface area contributed by atoms with E-state index in [9.17, 15) is 14.4 Å². The van der Waals surface area contributed by atoms with Crippen LogP contribution in [0, 0.1) is 0 Å². The van der Waals surface area contributed by atoms with Gasteiger partial charge in [-0.3, -0.25) is 14.5 Å². The van der Waals surface area contributed by atoms with E-state index in [1.807, 2.05) is 0 Å². The predicted molar refractivity (Wildman–Crippen MR) is 90.3 cm³/mol. The minimum Gasteiger partial charge on any atom is -0.465 e. The maximum atomic E-state index is 15.5. The van der Waals surface area contributed by atoms with E-state index in [2.05, 4.69) is 0 Å². The molecule has 0 N–H and O–H groups in total. The Kier molecular flexibility index (Phi) is 5.11. The van der Waals surface area contributed by atoms with E-state index in [0.717, 1.165) is 17.7 Å². The Bertz CT molecular complexity index is 719. The van der Waals surface area contributed by atoms with Crippen LogP contribution in [0.1, 0.15) is 25.3 Å². The van der Waals surface area contributed by atoms with Crippen molar-refractivity contribution in [3.8, 4) is 0 Å². The van der Waals surface area contributed by atoms with Gasteiger partial charge in [0, 0.05) is 13.1 Å². The molecule has 1 aromatic rings. The number of likely N-dealkylation sites (tertiary alicyclic amines) is 1. The number of ether oxygens (including phenoxy) is 2. The normalized spacial score (nSPS) is 22.5. The highest BCUT2D eigenvalue weighted by atomic mass is 19.2. The molecule has 7 nitrogen and oxygen atoms in total. The first-order valence-electron chi connectivity index (χ1n) is 8.67. The number of esters is 1. The van der Waals surface area contributed by atoms with Crippen molar-refractivity contribution >= 4 is 23.7 Å². The van der Waals surface area contributed by atoms with Gasteiger partial charge in [-0.2, -0.15) is 4.39 Å². The maximum absolute atomic E-state index is 15.5. The lowest BCUT2D eigenvalue weighted by Crippen LogP contribution is -2.50. The summed E-state index contributed by atoms with van der Waals surface area (Å²) in [4.78, 5) is 39.4. The van der Waals surface area contributed by atoms with Gasteiger partial charge in [-0.05, 0) is 31.4 Å². The molecule has 2 heterocycles. The van der Waals surface area contributed by atoms with Gasteiger partial charge in [-0.15, -0.1) is 0 Å². The summed E-state index contributed by atoms with van der Waals surface area (Å²) < 4.78 is 25.3. The van der Waals surface area contributed by atoms with Crippen molar-refractivity contribution < 1.29 is 28.2 Å². The van der Waals surface area contributed by atoms with Crippen LogP contribution in [0.5, 0.6) is 0 Å². The average molecular weight is 364 g/mol. The molecule has 1 saturated heterocycles. The molecule has 2 amide bonds. The number of anilines is 1. The van der Waals surface area contributed by atoms with Crippen LogP contribution in [0.3, 0.4) is 0 Å². The number of fused-ring (bicyclic) bond motifs is 1. The van der Waals surface area contributed by atoms with Crippen LogP contribution >= 0.6 is 0 Å². The Morgan fingerprint density at radius 2 is 1.96 bits per heavy atom. The van der Waals surface area contributed by atoms with Gasteiger partial charge in [-0.25, -0.2) is 4.79 Å². The number of nitrogens with zero attached hydrogens (tertiary/aromatic N) is 2. The first-order chi connectivity index (χ1) is 12.4. The van der Waals surface area contributed by atoms with Gasteiger partial charge in [0.2, 0.25) is 0 Å². The van der Waals surface area contributed by atoms with Crippen molar-refractivity contribution in [3.63, 3.8) is 0 Å². The molecule has 1 aromatic carbocycles. The number of cyclic esters (lactones) is 1. The summed E-state index contributed by atoms with van der Waals surface area (Å²) in [6, 6.07) is 6.54. The molecular weight excluding hydrogens is 343 g/mol. The highest BCUT2D eigenvalue weighted by Crippen LogP contribution is 2.34. The van der Waals surface area contributed by atoms with Crippen molar-refractivity contribution in [1.29, 1.82) is 0 Å². The second kappa shape index (κ2) is 7.31. The highest BCUT2D eigenvalue weighted by Gasteiger charge is 2.50. The van der Waals surface area contributed by atoms with Crippen LogP contribution in [0.4, 0.5) is 14.9 Å². The molecule has 2 aliphatic rings. The number of benzene rings is 1. The Balaban J connectivity index is 1.92. The SMILES string of the molecule is CCOC(=O)CN1C(=O)OC(F)(C(=O)N2CCCC2)Cc2ccccc21. The zero-order valence-electron chi connectivity index (χ0n) is 14.6. The van der Waals surface area contributed by atoms with E-state index in [-0.39, 0.29) is 6.61 Å². The number of rotatable bonds is 4. The Morgan fingerprint density at radius 1 is 1.27 bits per heavy atom. The minimum absolute atomic E-state index is 0.157. The second-order valence-corrected chi connectivity index (χ2v) is 6.29. The molecule has 140 valence electrons. The molecule has 0 saturated carbocycles. The molecule has 0 aliphatic carbocycles. The fourth-order valence-electron chi connectivity index (χ4n) is 3.26. The molecule has 1 fully saturated rings. The highest BCUT2D eigenvalue weighted by molar-refractivity contribution is 5.97. The van der Waals surface area contributed by atoms with Crippen LogP contribution in [0.25, 0.3) is 0 Å². The second-order valence-electron chi connectivity index (χ2n) is 6.29. The van der Waals surface area contributed by atoms with Crippen LogP contribution in [0.2, 0.25) is 0 Å². The first-order valence-corrected chi connectivity index (χ1v) is 8.67. The largest absolute Gasteiger partial charge is 0.465 e. The fourth-order valence-corrected chi connectivity index (χ4v) is 3.26. The molecular formula is C18H21FN2O5. The van der Waals surface area contributed by atoms with Gasteiger partial charge in [0.1, 0.15) is 6.54 Å². The van der Waals surface area contributed by atoms with E-state index in [1.165, 1.54) is 4.90 Å². The van der Waals surface area contributed by atoms with Gasteiger partial charge in [0.15, 0.2) is 0 Å². The first kappa shape index (κ1) is 18.2. The number of carbonyl (C=O) groups is 3.